The van der Waals surface area contributed by atoms with Gasteiger partial charge in [0, 0.05) is 6.04 Å². The van der Waals surface area contributed by atoms with Crippen LogP contribution < -0.4 is 5.73 Å². The van der Waals surface area contributed by atoms with Crippen LogP contribution in [0.15, 0.2) is 11.6 Å². The van der Waals surface area contributed by atoms with Gasteiger partial charge in [-0.2, -0.15) is 0 Å². The molecule has 1 rings (SSSR count). The standard InChI is InChI=1S/C9H17N/c1-6(2)5-7-8(10)9(7,3)4/h5,7-8H,10H2,1-4H3/t7-,8-/m1/s1. The first-order valence-electron chi connectivity index (χ1n) is 3.87. The number of rotatable bonds is 1. The summed E-state index contributed by atoms with van der Waals surface area (Å²) in [5, 5.41) is 0. The van der Waals surface area contributed by atoms with Gasteiger partial charge in [0.25, 0.3) is 0 Å². The topological polar surface area (TPSA) is 26.0 Å². The van der Waals surface area contributed by atoms with Crippen molar-refractivity contribution in [3.05, 3.63) is 11.6 Å². The smallest absolute Gasteiger partial charge is 0.0166 e. The van der Waals surface area contributed by atoms with Gasteiger partial charge in [0.1, 0.15) is 0 Å². The zero-order chi connectivity index (χ0) is 7.94. The minimum Gasteiger partial charge on any atom is -0.327 e. The molecule has 1 fully saturated rings. The maximum absolute atomic E-state index is 5.85. The minimum absolute atomic E-state index is 0.358. The quantitative estimate of drug-likeness (QED) is 0.552. The summed E-state index contributed by atoms with van der Waals surface area (Å²) in [5.74, 6) is 0.623. The van der Waals surface area contributed by atoms with Crippen LogP contribution >= 0.6 is 0 Å². The van der Waals surface area contributed by atoms with Gasteiger partial charge in [-0.05, 0) is 25.2 Å². The van der Waals surface area contributed by atoms with Crippen molar-refractivity contribution >= 4 is 0 Å². The van der Waals surface area contributed by atoms with Crippen molar-refractivity contribution in [2.24, 2.45) is 17.1 Å². The van der Waals surface area contributed by atoms with Crippen molar-refractivity contribution in [3.8, 4) is 0 Å². The highest BCUT2D eigenvalue weighted by molar-refractivity contribution is 5.19. The molecule has 0 unspecified atom stereocenters. The predicted octanol–water partition coefficient (Wildman–Crippen LogP) is 1.94. The number of hydrogen-bond acceptors (Lipinski definition) is 1. The highest BCUT2D eigenvalue weighted by atomic mass is 14.8. The number of allylic oxidation sites excluding steroid dienone is 1. The molecule has 1 heteroatoms. The van der Waals surface area contributed by atoms with Crippen LogP contribution in [0.3, 0.4) is 0 Å². The normalized spacial score (nSPS) is 35.3. The van der Waals surface area contributed by atoms with E-state index in [1.807, 2.05) is 0 Å². The summed E-state index contributed by atoms with van der Waals surface area (Å²) in [4.78, 5) is 0. The van der Waals surface area contributed by atoms with E-state index in [1.54, 1.807) is 0 Å². The van der Waals surface area contributed by atoms with Crippen molar-refractivity contribution in [3.63, 3.8) is 0 Å². The van der Waals surface area contributed by atoms with Gasteiger partial charge in [0.15, 0.2) is 0 Å². The molecule has 0 spiro atoms. The molecule has 1 aliphatic carbocycles. The lowest BCUT2D eigenvalue weighted by molar-refractivity contribution is 0.590. The van der Waals surface area contributed by atoms with E-state index in [-0.39, 0.29) is 0 Å². The third kappa shape index (κ3) is 1.10. The molecule has 0 bridgehead atoms. The Morgan fingerprint density at radius 3 is 1.90 bits per heavy atom. The second-order valence-corrected chi connectivity index (χ2v) is 4.12. The first-order chi connectivity index (χ1) is 4.46. The summed E-state index contributed by atoms with van der Waals surface area (Å²) in [6.07, 6.45) is 2.28. The molecule has 0 heterocycles. The highest BCUT2D eigenvalue weighted by Crippen LogP contribution is 2.51. The molecule has 1 aliphatic rings. The summed E-state index contributed by atoms with van der Waals surface area (Å²) in [5.41, 5.74) is 7.59. The van der Waals surface area contributed by atoms with E-state index in [0.29, 0.717) is 17.4 Å². The van der Waals surface area contributed by atoms with Crippen molar-refractivity contribution in [2.75, 3.05) is 0 Å². The average Bonchev–Trinajstić information content (AvgIpc) is 2.17. The Balaban J connectivity index is 2.58. The van der Waals surface area contributed by atoms with Crippen molar-refractivity contribution in [1.29, 1.82) is 0 Å². The Morgan fingerprint density at radius 2 is 1.80 bits per heavy atom. The Hall–Kier alpha value is -0.300. The molecule has 0 aromatic carbocycles. The van der Waals surface area contributed by atoms with Gasteiger partial charge in [-0.25, -0.2) is 0 Å². The number of nitrogens with two attached hydrogens (primary N) is 1. The molecular formula is C9H17N. The third-order valence-corrected chi connectivity index (χ3v) is 2.51. The molecule has 2 atom stereocenters. The summed E-state index contributed by atoms with van der Waals surface area (Å²) in [6, 6.07) is 0.391. The van der Waals surface area contributed by atoms with E-state index < -0.39 is 0 Å². The molecule has 0 aromatic heterocycles. The molecule has 1 nitrogen and oxygen atoms in total. The van der Waals surface area contributed by atoms with Gasteiger partial charge >= 0.3 is 0 Å². The maximum Gasteiger partial charge on any atom is 0.0166 e. The van der Waals surface area contributed by atoms with Gasteiger partial charge < -0.3 is 5.73 Å². The lowest BCUT2D eigenvalue weighted by atomic mass is 10.1. The average molecular weight is 139 g/mol. The van der Waals surface area contributed by atoms with Gasteiger partial charge in [0.2, 0.25) is 0 Å². The van der Waals surface area contributed by atoms with E-state index in [0.717, 1.165) is 0 Å². The van der Waals surface area contributed by atoms with Crippen LogP contribution in [0.25, 0.3) is 0 Å². The SMILES string of the molecule is CC(C)=C[C@@H]1[C@@H](N)C1(C)C. The van der Waals surface area contributed by atoms with E-state index in [2.05, 4.69) is 33.8 Å². The van der Waals surface area contributed by atoms with E-state index in [4.69, 9.17) is 5.73 Å². The summed E-state index contributed by atoms with van der Waals surface area (Å²) >= 11 is 0. The molecule has 0 amide bonds. The first-order valence-corrected chi connectivity index (χ1v) is 3.87. The van der Waals surface area contributed by atoms with Crippen LogP contribution in [-0.4, -0.2) is 6.04 Å². The van der Waals surface area contributed by atoms with Crippen molar-refractivity contribution < 1.29 is 0 Å². The summed E-state index contributed by atoms with van der Waals surface area (Å²) in [6.45, 7) is 8.70. The largest absolute Gasteiger partial charge is 0.327 e. The Morgan fingerprint density at radius 1 is 1.40 bits per heavy atom. The molecule has 0 aromatic rings. The van der Waals surface area contributed by atoms with E-state index >= 15 is 0 Å². The van der Waals surface area contributed by atoms with Crippen LogP contribution in [0, 0.1) is 11.3 Å². The maximum atomic E-state index is 5.85. The predicted molar refractivity (Wildman–Crippen MR) is 44.7 cm³/mol. The van der Waals surface area contributed by atoms with Crippen LogP contribution in [0.2, 0.25) is 0 Å². The van der Waals surface area contributed by atoms with Gasteiger partial charge in [-0.3, -0.25) is 0 Å². The fourth-order valence-corrected chi connectivity index (χ4v) is 1.40. The first kappa shape index (κ1) is 7.80. The number of hydrogen-bond donors (Lipinski definition) is 1. The fraction of sp³-hybridized carbons (Fsp3) is 0.778. The molecule has 0 saturated heterocycles. The summed E-state index contributed by atoms with van der Waals surface area (Å²) in [7, 11) is 0. The lowest BCUT2D eigenvalue weighted by Crippen LogP contribution is -2.06. The molecule has 0 aliphatic heterocycles. The lowest BCUT2D eigenvalue weighted by Gasteiger charge is -1.96. The molecule has 1 saturated carbocycles. The second-order valence-electron chi connectivity index (χ2n) is 4.12. The zero-order valence-corrected chi connectivity index (χ0v) is 7.31. The van der Waals surface area contributed by atoms with E-state index in [9.17, 15) is 0 Å². The van der Waals surface area contributed by atoms with Crippen molar-refractivity contribution in [2.45, 2.75) is 33.7 Å². The third-order valence-electron chi connectivity index (χ3n) is 2.51. The van der Waals surface area contributed by atoms with Crippen LogP contribution in [0.5, 0.6) is 0 Å². The second kappa shape index (κ2) is 2.09. The van der Waals surface area contributed by atoms with Gasteiger partial charge in [0.05, 0.1) is 0 Å². The molecule has 10 heavy (non-hydrogen) atoms. The van der Waals surface area contributed by atoms with Crippen LogP contribution in [0.4, 0.5) is 0 Å². The highest BCUT2D eigenvalue weighted by Gasteiger charge is 2.53. The van der Waals surface area contributed by atoms with Gasteiger partial charge in [-0.15, -0.1) is 0 Å². The fourth-order valence-electron chi connectivity index (χ4n) is 1.40. The van der Waals surface area contributed by atoms with Crippen LogP contribution in [0.1, 0.15) is 27.7 Å². The Labute approximate surface area is 63.3 Å². The molecule has 58 valence electrons. The minimum atomic E-state index is 0.358. The van der Waals surface area contributed by atoms with Crippen molar-refractivity contribution in [1.82, 2.24) is 0 Å². The molecule has 2 N–H and O–H groups in total. The Bertz CT molecular complexity index is 164. The monoisotopic (exact) mass is 139 g/mol. The van der Waals surface area contributed by atoms with Gasteiger partial charge in [-0.1, -0.05) is 25.5 Å². The molecule has 0 radical (unpaired) electrons. The van der Waals surface area contributed by atoms with E-state index in [1.165, 1.54) is 5.57 Å². The summed E-state index contributed by atoms with van der Waals surface area (Å²) < 4.78 is 0. The van der Waals surface area contributed by atoms with Crippen LogP contribution in [-0.2, 0) is 0 Å². The Kier molecular flexibility index (Phi) is 1.63. The zero-order valence-electron chi connectivity index (χ0n) is 7.31. The molecular weight excluding hydrogens is 122 g/mol.